The van der Waals surface area contributed by atoms with E-state index in [-0.39, 0.29) is 34.3 Å². The lowest BCUT2D eigenvalue weighted by atomic mass is 10.1. The number of halogens is 3. The van der Waals surface area contributed by atoms with Crippen molar-refractivity contribution in [2.45, 2.75) is 43.7 Å². The van der Waals surface area contributed by atoms with Gasteiger partial charge in [-0.15, -0.1) is 13.2 Å². The highest BCUT2D eigenvalue weighted by Gasteiger charge is 2.38. The third kappa shape index (κ3) is 5.08. The van der Waals surface area contributed by atoms with E-state index in [1.807, 2.05) is 13.8 Å². The number of rotatable bonds is 5. The fraction of sp³-hybridized carbons (Fsp3) is 0.435. The van der Waals surface area contributed by atoms with E-state index in [9.17, 15) is 26.4 Å². The molecule has 1 fully saturated rings. The van der Waals surface area contributed by atoms with Crippen LogP contribution < -0.4 is 14.4 Å². The van der Waals surface area contributed by atoms with Gasteiger partial charge in [0.2, 0.25) is 0 Å². The van der Waals surface area contributed by atoms with E-state index in [4.69, 9.17) is 4.74 Å². The monoisotopic (exact) mass is 498 g/mol. The number of ether oxygens (including phenoxy) is 2. The number of carbonyl (C=O) groups excluding carboxylic acids is 1. The number of nitrogens with zero attached hydrogens (tertiary/aromatic N) is 2. The molecule has 2 heterocycles. The third-order valence-electron chi connectivity index (χ3n) is 5.79. The Hall–Kier alpha value is -2.95. The normalized spacial score (nSPS) is 18.0. The zero-order chi connectivity index (χ0) is 24.8. The van der Waals surface area contributed by atoms with Gasteiger partial charge in [-0.2, -0.15) is 0 Å². The first kappa shape index (κ1) is 24.2. The van der Waals surface area contributed by atoms with E-state index in [1.165, 1.54) is 30.3 Å². The first-order chi connectivity index (χ1) is 15.8. The maximum absolute atomic E-state index is 13.4. The van der Waals surface area contributed by atoms with Crippen molar-refractivity contribution in [3.63, 3.8) is 0 Å². The summed E-state index contributed by atoms with van der Waals surface area (Å²) in [5.41, 5.74) is 1.72. The third-order valence-corrected chi connectivity index (χ3v) is 6.90. The summed E-state index contributed by atoms with van der Waals surface area (Å²) in [6.45, 7) is 4.83. The van der Waals surface area contributed by atoms with Gasteiger partial charge in [0, 0.05) is 31.6 Å². The van der Waals surface area contributed by atoms with Crippen molar-refractivity contribution in [2.75, 3.05) is 30.8 Å². The van der Waals surface area contributed by atoms with Crippen LogP contribution in [0.4, 0.5) is 18.9 Å². The van der Waals surface area contributed by atoms with Crippen molar-refractivity contribution < 1.29 is 35.9 Å². The van der Waals surface area contributed by atoms with E-state index in [1.54, 1.807) is 11.0 Å². The van der Waals surface area contributed by atoms with Crippen LogP contribution in [0.2, 0.25) is 0 Å². The minimum atomic E-state index is -4.76. The van der Waals surface area contributed by atoms with Crippen molar-refractivity contribution in [3.05, 3.63) is 47.5 Å². The molecule has 0 saturated carbocycles. The number of fused-ring (bicyclic) bond motifs is 3. The molecule has 34 heavy (non-hydrogen) atoms. The zero-order valence-electron chi connectivity index (χ0n) is 18.9. The summed E-state index contributed by atoms with van der Waals surface area (Å²) in [5.74, 6) is -0.316. The molecule has 1 atom stereocenters. The van der Waals surface area contributed by atoms with Gasteiger partial charge in [-0.05, 0) is 62.2 Å². The molecule has 1 saturated heterocycles. The number of alkyl halides is 3. The Morgan fingerprint density at radius 1 is 1.12 bits per heavy atom. The molecule has 7 nitrogen and oxygen atoms in total. The van der Waals surface area contributed by atoms with Gasteiger partial charge in [-0.25, -0.2) is 8.42 Å². The summed E-state index contributed by atoms with van der Waals surface area (Å²) < 4.78 is 71.6. The summed E-state index contributed by atoms with van der Waals surface area (Å²) in [6, 6.07) is 8.42. The Morgan fingerprint density at radius 2 is 1.85 bits per heavy atom. The molecule has 0 spiro atoms. The van der Waals surface area contributed by atoms with Gasteiger partial charge in [0.15, 0.2) is 9.84 Å². The summed E-state index contributed by atoms with van der Waals surface area (Å²) in [5, 5.41) is 0. The maximum Gasteiger partial charge on any atom is 0.573 e. The van der Waals surface area contributed by atoms with Crippen LogP contribution in [-0.4, -0.2) is 63.6 Å². The number of amides is 1. The quantitative estimate of drug-likeness (QED) is 0.626. The Labute approximate surface area is 196 Å². The van der Waals surface area contributed by atoms with Crippen LogP contribution in [0.3, 0.4) is 0 Å². The molecule has 0 aromatic heterocycles. The Balaban J connectivity index is 1.56. The van der Waals surface area contributed by atoms with Gasteiger partial charge in [0.1, 0.15) is 11.5 Å². The van der Waals surface area contributed by atoms with E-state index < -0.39 is 16.2 Å². The summed E-state index contributed by atoms with van der Waals surface area (Å²) in [4.78, 5) is 17.2. The number of anilines is 1. The molecule has 0 N–H and O–H groups in total. The fourth-order valence-electron chi connectivity index (χ4n) is 4.42. The molecule has 2 aliphatic rings. The van der Waals surface area contributed by atoms with Gasteiger partial charge in [-0.3, -0.25) is 4.79 Å². The van der Waals surface area contributed by atoms with Crippen LogP contribution in [0.5, 0.6) is 11.5 Å². The first-order valence-electron chi connectivity index (χ1n) is 10.8. The highest BCUT2D eigenvalue weighted by molar-refractivity contribution is 7.90. The first-order valence-corrected chi connectivity index (χ1v) is 12.7. The van der Waals surface area contributed by atoms with Crippen LogP contribution in [-0.2, 0) is 16.3 Å². The number of benzene rings is 2. The van der Waals surface area contributed by atoms with E-state index in [0.717, 1.165) is 17.5 Å². The summed E-state index contributed by atoms with van der Waals surface area (Å²) in [6.07, 6.45) is -3.44. The zero-order valence-corrected chi connectivity index (χ0v) is 19.7. The number of carbonyl (C=O) groups is 1. The van der Waals surface area contributed by atoms with Crippen molar-refractivity contribution >= 4 is 21.4 Å². The van der Waals surface area contributed by atoms with Gasteiger partial charge < -0.3 is 19.3 Å². The molecule has 0 radical (unpaired) electrons. The molecule has 2 aromatic rings. The lowest BCUT2D eigenvalue weighted by Crippen LogP contribution is -2.53. The van der Waals surface area contributed by atoms with Crippen molar-refractivity contribution in [1.29, 1.82) is 0 Å². The van der Waals surface area contributed by atoms with Crippen LogP contribution in [0.15, 0.2) is 41.3 Å². The minimum Gasteiger partial charge on any atom is -0.490 e. The number of hydrogen-bond donors (Lipinski definition) is 0. The Bertz CT molecular complexity index is 1210. The molecule has 1 amide bonds. The van der Waals surface area contributed by atoms with Gasteiger partial charge >= 0.3 is 6.36 Å². The maximum atomic E-state index is 13.4. The standard InChI is InChI=1S/C23H25F3N2O5S/c1-14(2)32-21-7-5-18(34(3,30)31)12-19(21)22(29)27-8-9-28-16(13-27)10-15-11-17(4-6-20(15)28)33-23(24,25)26/h4-7,11-12,14,16H,8-10,13H2,1-3H3. The molecule has 0 aliphatic carbocycles. The van der Waals surface area contributed by atoms with Crippen LogP contribution in [0.1, 0.15) is 29.8 Å². The highest BCUT2D eigenvalue weighted by atomic mass is 32.2. The van der Waals surface area contributed by atoms with E-state index in [2.05, 4.69) is 9.64 Å². The molecule has 0 bridgehead atoms. The van der Waals surface area contributed by atoms with Crippen LogP contribution in [0.25, 0.3) is 0 Å². The van der Waals surface area contributed by atoms with E-state index in [0.29, 0.717) is 31.8 Å². The predicted molar refractivity (Wildman–Crippen MR) is 119 cm³/mol. The predicted octanol–water partition coefficient (Wildman–Crippen LogP) is 3.66. The molecule has 4 rings (SSSR count). The highest BCUT2D eigenvalue weighted by Crippen LogP contribution is 2.38. The number of sulfone groups is 1. The van der Waals surface area contributed by atoms with Crippen LogP contribution >= 0.6 is 0 Å². The van der Waals surface area contributed by atoms with Crippen LogP contribution in [0, 0.1) is 0 Å². The lowest BCUT2D eigenvalue weighted by molar-refractivity contribution is -0.274. The fourth-order valence-corrected chi connectivity index (χ4v) is 5.07. The molecule has 11 heteroatoms. The Morgan fingerprint density at radius 3 is 2.50 bits per heavy atom. The van der Waals surface area contributed by atoms with Crippen molar-refractivity contribution in [1.82, 2.24) is 4.90 Å². The molecular formula is C23H25F3N2O5S. The van der Waals surface area contributed by atoms with Crippen molar-refractivity contribution in [2.24, 2.45) is 0 Å². The average molecular weight is 499 g/mol. The molecule has 2 aromatic carbocycles. The lowest BCUT2D eigenvalue weighted by Gasteiger charge is -2.39. The van der Waals surface area contributed by atoms with Gasteiger partial charge in [-0.1, -0.05) is 0 Å². The molecule has 2 aliphatic heterocycles. The second kappa shape index (κ2) is 8.68. The van der Waals surface area contributed by atoms with Gasteiger partial charge in [0.25, 0.3) is 5.91 Å². The minimum absolute atomic E-state index is 0.0241. The van der Waals surface area contributed by atoms with Crippen molar-refractivity contribution in [3.8, 4) is 11.5 Å². The molecule has 184 valence electrons. The summed E-state index contributed by atoms with van der Waals surface area (Å²) >= 11 is 0. The average Bonchev–Trinajstić information content (AvgIpc) is 3.07. The topological polar surface area (TPSA) is 76.2 Å². The number of hydrogen-bond acceptors (Lipinski definition) is 6. The summed E-state index contributed by atoms with van der Waals surface area (Å²) in [7, 11) is -3.53. The van der Waals surface area contributed by atoms with Gasteiger partial charge in [0.05, 0.1) is 22.6 Å². The second-order valence-corrected chi connectivity index (χ2v) is 10.8. The smallest absolute Gasteiger partial charge is 0.490 e. The molecular weight excluding hydrogens is 473 g/mol. The second-order valence-electron chi connectivity index (χ2n) is 8.74. The Kier molecular flexibility index (Phi) is 6.17. The largest absolute Gasteiger partial charge is 0.573 e. The number of piperazine rings is 1. The molecule has 1 unspecified atom stereocenters. The SMILES string of the molecule is CC(C)Oc1ccc(S(C)(=O)=O)cc1C(=O)N1CCN2c3ccc(OC(F)(F)F)cc3CC2C1. The van der Waals surface area contributed by atoms with E-state index >= 15 is 0 Å².